The van der Waals surface area contributed by atoms with Crippen molar-refractivity contribution in [3.63, 3.8) is 0 Å². The van der Waals surface area contributed by atoms with Gasteiger partial charge in [0.05, 0.1) is 0 Å². The molecule has 0 spiro atoms. The molecule has 138 valence electrons. The van der Waals surface area contributed by atoms with Gasteiger partial charge in [-0.1, -0.05) is 72.8 Å². The molecule has 0 radical (unpaired) electrons. The molecule has 28 heavy (non-hydrogen) atoms. The number of carbonyl (C=O) groups excluding carboxylic acids is 1. The minimum Gasteiger partial charge on any atom is -0.483 e. The first-order valence-corrected chi connectivity index (χ1v) is 9.31. The smallest absolute Gasteiger partial charge is 0.264 e. The second kappa shape index (κ2) is 8.06. The van der Waals surface area contributed by atoms with Crippen LogP contribution in [0.15, 0.2) is 84.9 Å². The summed E-state index contributed by atoms with van der Waals surface area (Å²) in [5, 5.41) is 10.2. The molecule has 5 heteroatoms. The monoisotopic (exact) mass is 386 g/mol. The van der Waals surface area contributed by atoms with E-state index < -0.39 is 0 Å². The molecule has 0 atom stereocenters. The van der Waals surface area contributed by atoms with Crippen LogP contribution in [0.2, 0.25) is 0 Å². The molecule has 0 aliphatic rings. The van der Waals surface area contributed by atoms with Crippen molar-refractivity contribution >= 4 is 50.5 Å². The molecule has 4 aromatic carbocycles. The number of fused-ring (bicyclic) bond motifs is 2. The molecule has 4 nitrogen and oxygen atoms in total. The molecule has 0 aliphatic carbocycles. The van der Waals surface area contributed by atoms with Gasteiger partial charge in [0.1, 0.15) is 5.75 Å². The van der Waals surface area contributed by atoms with E-state index in [9.17, 15) is 4.79 Å². The van der Waals surface area contributed by atoms with Crippen LogP contribution in [0.1, 0.15) is 0 Å². The predicted octanol–water partition coefficient (Wildman–Crippen LogP) is 4.89. The number of anilines is 1. The van der Waals surface area contributed by atoms with Crippen molar-refractivity contribution in [3.8, 4) is 5.75 Å². The van der Waals surface area contributed by atoms with E-state index in [2.05, 4.69) is 10.6 Å². The number of benzene rings is 4. The molecule has 0 fully saturated rings. The van der Waals surface area contributed by atoms with Crippen LogP contribution < -0.4 is 15.4 Å². The molecule has 0 saturated carbocycles. The third kappa shape index (κ3) is 3.94. The second-order valence-corrected chi connectivity index (χ2v) is 6.70. The van der Waals surface area contributed by atoms with Gasteiger partial charge in [-0.3, -0.25) is 10.1 Å². The lowest BCUT2D eigenvalue weighted by Crippen LogP contribution is -2.37. The van der Waals surface area contributed by atoms with Crippen molar-refractivity contribution in [1.29, 1.82) is 0 Å². The van der Waals surface area contributed by atoms with E-state index in [1.54, 1.807) is 0 Å². The fourth-order valence-corrected chi connectivity index (χ4v) is 3.34. The molecule has 0 bridgehead atoms. The Morgan fingerprint density at radius 2 is 1.39 bits per heavy atom. The number of carbonyl (C=O) groups is 1. The predicted molar refractivity (Wildman–Crippen MR) is 118 cm³/mol. The van der Waals surface area contributed by atoms with Crippen molar-refractivity contribution in [3.05, 3.63) is 84.9 Å². The average molecular weight is 386 g/mol. The van der Waals surface area contributed by atoms with Gasteiger partial charge in [0.15, 0.2) is 11.7 Å². The summed E-state index contributed by atoms with van der Waals surface area (Å²) in [6.45, 7) is -0.120. The molecule has 0 aliphatic heterocycles. The van der Waals surface area contributed by atoms with E-state index >= 15 is 0 Å². The SMILES string of the molecule is O=C(COc1cccc2ccccc12)NC(=S)Nc1cccc2ccccc12. The lowest BCUT2D eigenvalue weighted by molar-refractivity contribution is -0.121. The van der Waals surface area contributed by atoms with E-state index in [-0.39, 0.29) is 17.6 Å². The minimum atomic E-state index is -0.314. The summed E-state index contributed by atoms with van der Waals surface area (Å²) in [5.41, 5.74) is 0.846. The summed E-state index contributed by atoms with van der Waals surface area (Å²) in [6, 6.07) is 27.5. The summed E-state index contributed by atoms with van der Waals surface area (Å²) < 4.78 is 5.70. The van der Waals surface area contributed by atoms with Crippen LogP contribution in [0, 0.1) is 0 Å². The Kier molecular flexibility index (Phi) is 5.17. The molecule has 0 saturated heterocycles. The Balaban J connectivity index is 1.39. The van der Waals surface area contributed by atoms with Gasteiger partial charge in [-0.2, -0.15) is 0 Å². The Hall–Kier alpha value is -3.44. The van der Waals surface area contributed by atoms with Crippen LogP contribution in [0.4, 0.5) is 5.69 Å². The zero-order chi connectivity index (χ0) is 19.3. The largest absolute Gasteiger partial charge is 0.483 e. The molecule has 0 heterocycles. The fraction of sp³-hybridized carbons (Fsp3) is 0.0435. The summed E-state index contributed by atoms with van der Waals surface area (Å²) in [4.78, 5) is 12.3. The number of ether oxygens (including phenoxy) is 1. The number of hydrogen-bond acceptors (Lipinski definition) is 3. The van der Waals surface area contributed by atoms with Crippen LogP contribution in [0.3, 0.4) is 0 Å². The highest BCUT2D eigenvalue weighted by Gasteiger charge is 2.09. The topological polar surface area (TPSA) is 50.4 Å². The lowest BCUT2D eigenvalue weighted by atomic mass is 10.1. The van der Waals surface area contributed by atoms with E-state index in [0.717, 1.165) is 27.2 Å². The van der Waals surface area contributed by atoms with Crippen molar-refractivity contribution in [2.24, 2.45) is 0 Å². The van der Waals surface area contributed by atoms with E-state index in [1.807, 2.05) is 84.9 Å². The van der Waals surface area contributed by atoms with E-state index in [4.69, 9.17) is 17.0 Å². The molecule has 0 aromatic heterocycles. The highest BCUT2D eigenvalue weighted by molar-refractivity contribution is 7.80. The molecule has 4 rings (SSSR count). The summed E-state index contributed by atoms with van der Waals surface area (Å²) in [6.07, 6.45) is 0. The molecule has 1 amide bonds. The Bertz CT molecular complexity index is 1160. The standard InChI is InChI=1S/C23H18N2O2S/c26-22(15-27-21-14-6-10-17-8-2-4-12-19(17)21)25-23(28)24-20-13-5-9-16-7-1-3-11-18(16)20/h1-14H,15H2,(H2,24,25,26,28). The highest BCUT2D eigenvalue weighted by Crippen LogP contribution is 2.25. The second-order valence-electron chi connectivity index (χ2n) is 6.29. The van der Waals surface area contributed by atoms with Gasteiger partial charge < -0.3 is 10.1 Å². The van der Waals surface area contributed by atoms with Crippen molar-refractivity contribution in [1.82, 2.24) is 5.32 Å². The normalized spacial score (nSPS) is 10.6. The third-order valence-electron chi connectivity index (χ3n) is 4.40. The van der Waals surface area contributed by atoms with Crippen LogP contribution in [0.25, 0.3) is 21.5 Å². The highest BCUT2D eigenvalue weighted by atomic mass is 32.1. The van der Waals surface area contributed by atoms with Gasteiger partial charge in [-0.15, -0.1) is 0 Å². The quantitative estimate of drug-likeness (QED) is 0.491. The van der Waals surface area contributed by atoms with Gasteiger partial charge in [0.2, 0.25) is 0 Å². The molecular weight excluding hydrogens is 368 g/mol. The number of rotatable bonds is 4. The Morgan fingerprint density at radius 1 is 0.786 bits per heavy atom. The van der Waals surface area contributed by atoms with Crippen LogP contribution >= 0.6 is 12.2 Å². The molecular formula is C23H18N2O2S. The number of nitrogens with one attached hydrogen (secondary N) is 2. The van der Waals surface area contributed by atoms with Crippen LogP contribution in [-0.4, -0.2) is 17.6 Å². The van der Waals surface area contributed by atoms with Gasteiger partial charge in [-0.05, 0) is 35.1 Å². The molecule has 2 N–H and O–H groups in total. The first-order valence-electron chi connectivity index (χ1n) is 8.90. The first-order chi connectivity index (χ1) is 13.7. The van der Waals surface area contributed by atoms with Crippen molar-refractivity contribution in [2.45, 2.75) is 0 Å². The van der Waals surface area contributed by atoms with Gasteiger partial charge in [-0.25, -0.2) is 0 Å². The molecule has 4 aromatic rings. The van der Waals surface area contributed by atoms with Gasteiger partial charge in [0.25, 0.3) is 5.91 Å². The Labute approximate surface area is 168 Å². The van der Waals surface area contributed by atoms with E-state index in [0.29, 0.717) is 5.75 Å². The first kappa shape index (κ1) is 17.9. The van der Waals surface area contributed by atoms with Gasteiger partial charge in [0, 0.05) is 16.5 Å². The number of amides is 1. The van der Waals surface area contributed by atoms with Gasteiger partial charge >= 0.3 is 0 Å². The number of thiocarbonyl (C=S) groups is 1. The maximum atomic E-state index is 12.3. The summed E-state index contributed by atoms with van der Waals surface area (Å²) in [7, 11) is 0. The summed E-state index contributed by atoms with van der Waals surface area (Å²) in [5.74, 6) is 0.354. The maximum absolute atomic E-state index is 12.3. The molecule has 0 unspecified atom stereocenters. The minimum absolute atomic E-state index is 0.120. The average Bonchev–Trinajstić information content (AvgIpc) is 2.72. The van der Waals surface area contributed by atoms with Crippen molar-refractivity contribution in [2.75, 3.05) is 11.9 Å². The zero-order valence-electron chi connectivity index (χ0n) is 15.0. The van der Waals surface area contributed by atoms with E-state index in [1.165, 1.54) is 0 Å². The Morgan fingerprint density at radius 3 is 2.18 bits per heavy atom. The lowest BCUT2D eigenvalue weighted by Gasteiger charge is -2.13. The van der Waals surface area contributed by atoms with Crippen LogP contribution in [-0.2, 0) is 4.79 Å². The third-order valence-corrected chi connectivity index (χ3v) is 4.60. The number of hydrogen-bond donors (Lipinski definition) is 2. The fourth-order valence-electron chi connectivity index (χ4n) is 3.12. The van der Waals surface area contributed by atoms with Crippen molar-refractivity contribution < 1.29 is 9.53 Å². The van der Waals surface area contributed by atoms with Crippen LogP contribution in [0.5, 0.6) is 5.75 Å². The zero-order valence-corrected chi connectivity index (χ0v) is 15.8. The maximum Gasteiger partial charge on any atom is 0.264 e. The summed E-state index contributed by atoms with van der Waals surface area (Å²) >= 11 is 5.28.